The number of aryl methyl sites for hydroxylation is 1. The van der Waals surface area contributed by atoms with E-state index in [1.54, 1.807) is 0 Å². The van der Waals surface area contributed by atoms with Gasteiger partial charge >= 0.3 is 0 Å². The van der Waals surface area contributed by atoms with E-state index in [-0.39, 0.29) is 11.7 Å². The summed E-state index contributed by atoms with van der Waals surface area (Å²) in [5.74, 6) is 0.865. The summed E-state index contributed by atoms with van der Waals surface area (Å²) in [5.41, 5.74) is 1.95. The molecule has 2 aliphatic heterocycles. The Balaban J connectivity index is 1.96. The minimum atomic E-state index is -0.384. The van der Waals surface area contributed by atoms with Gasteiger partial charge in [-0.25, -0.2) is 0 Å². The molecule has 0 aliphatic carbocycles. The van der Waals surface area contributed by atoms with Crippen LogP contribution in [-0.4, -0.2) is 35.7 Å². The van der Waals surface area contributed by atoms with Gasteiger partial charge in [-0.2, -0.15) is 0 Å². The maximum atomic E-state index is 10.3. The zero-order valence-electron chi connectivity index (χ0n) is 10.4. The van der Waals surface area contributed by atoms with E-state index in [4.69, 9.17) is 4.74 Å². The zero-order chi connectivity index (χ0) is 12.0. The second-order valence-corrected chi connectivity index (χ2v) is 5.53. The van der Waals surface area contributed by atoms with Crippen molar-refractivity contribution >= 4 is 0 Å². The number of ether oxygens (including phenoxy) is 1. The summed E-state index contributed by atoms with van der Waals surface area (Å²) in [7, 11) is 2.11. The predicted octanol–water partition coefficient (Wildman–Crippen LogP) is 1.89. The van der Waals surface area contributed by atoms with Crippen LogP contribution in [0, 0.1) is 6.92 Å². The number of fused-ring (bicyclic) bond motifs is 1. The van der Waals surface area contributed by atoms with Crippen LogP contribution in [0.2, 0.25) is 0 Å². The maximum absolute atomic E-state index is 10.3. The summed E-state index contributed by atoms with van der Waals surface area (Å²) in [5, 5.41) is 10.3. The van der Waals surface area contributed by atoms with Gasteiger partial charge in [-0.3, -0.25) is 0 Å². The number of likely N-dealkylation sites (N-methyl/N-ethyl adjacent to an activating group) is 1. The Hall–Kier alpha value is -1.06. The number of aliphatic hydroxyl groups excluding tert-OH is 1. The van der Waals surface area contributed by atoms with Crippen molar-refractivity contribution in [3.05, 3.63) is 29.3 Å². The Bertz CT molecular complexity index is 446. The van der Waals surface area contributed by atoms with Crippen molar-refractivity contribution in [3.8, 4) is 5.75 Å². The third-order valence-corrected chi connectivity index (χ3v) is 3.92. The van der Waals surface area contributed by atoms with Crippen LogP contribution < -0.4 is 4.74 Å². The predicted molar refractivity (Wildman–Crippen MR) is 66.2 cm³/mol. The lowest BCUT2D eigenvalue weighted by molar-refractivity contribution is -0.00582. The first-order valence-corrected chi connectivity index (χ1v) is 6.24. The lowest BCUT2D eigenvalue weighted by Gasteiger charge is -2.38. The van der Waals surface area contributed by atoms with Crippen molar-refractivity contribution in [3.63, 3.8) is 0 Å². The highest BCUT2D eigenvalue weighted by Gasteiger charge is 2.44. The Morgan fingerprint density at radius 3 is 3.00 bits per heavy atom. The molecule has 0 amide bonds. The van der Waals surface area contributed by atoms with Crippen molar-refractivity contribution < 1.29 is 9.84 Å². The molecule has 0 aromatic heterocycles. The van der Waals surface area contributed by atoms with Crippen molar-refractivity contribution in [1.82, 2.24) is 4.90 Å². The van der Waals surface area contributed by atoms with Crippen LogP contribution in [0.1, 0.15) is 30.1 Å². The highest BCUT2D eigenvalue weighted by Crippen LogP contribution is 2.43. The van der Waals surface area contributed by atoms with Crippen LogP contribution in [0.5, 0.6) is 5.75 Å². The molecule has 2 unspecified atom stereocenters. The van der Waals surface area contributed by atoms with Gasteiger partial charge in [0, 0.05) is 31.5 Å². The Morgan fingerprint density at radius 2 is 2.29 bits per heavy atom. The molecule has 2 aliphatic rings. The lowest BCUT2D eigenvalue weighted by Crippen LogP contribution is -2.43. The number of aliphatic hydroxyl groups is 1. The first kappa shape index (κ1) is 11.1. The van der Waals surface area contributed by atoms with Crippen LogP contribution in [0.4, 0.5) is 0 Å². The molecule has 92 valence electrons. The fraction of sp³-hybridized carbons (Fsp3) is 0.571. The number of nitrogens with zero attached hydrogens (tertiary/aromatic N) is 1. The van der Waals surface area contributed by atoms with E-state index in [0.29, 0.717) is 6.42 Å². The summed E-state index contributed by atoms with van der Waals surface area (Å²) in [4.78, 5) is 2.27. The molecule has 1 spiro atoms. The number of hydrogen-bond acceptors (Lipinski definition) is 3. The highest BCUT2D eigenvalue weighted by molar-refractivity contribution is 5.41. The number of likely N-dealkylation sites (tertiary alicyclic amines) is 1. The molecule has 3 nitrogen and oxygen atoms in total. The zero-order valence-corrected chi connectivity index (χ0v) is 10.4. The maximum Gasteiger partial charge on any atom is 0.126 e. The Labute approximate surface area is 102 Å². The molecule has 1 aromatic rings. The number of rotatable bonds is 0. The van der Waals surface area contributed by atoms with Gasteiger partial charge in [0.25, 0.3) is 0 Å². The minimum absolute atomic E-state index is 0.170. The molecule has 1 N–H and O–H groups in total. The van der Waals surface area contributed by atoms with Crippen molar-refractivity contribution in [2.75, 3.05) is 20.1 Å². The average Bonchev–Trinajstić information content (AvgIpc) is 2.61. The molecule has 0 radical (unpaired) electrons. The van der Waals surface area contributed by atoms with E-state index in [1.807, 2.05) is 25.1 Å². The van der Waals surface area contributed by atoms with Gasteiger partial charge in [0.1, 0.15) is 11.4 Å². The van der Waals surface area contributed by atoms with Gasteiger partial charge in [0.15, 0.2) is 0 Å². The third-order valence-electron chi connectivity index (χ3n) is 3.92. The van der Waals surface area contributed by atoms with Gasteiger partial charge in [0.05, 0.1) is 6.10 Å². The molecule has 2 heterocycles. The van der Waals surface area contributed by atoms with Crippen LogP contribution >= 0.6 is 0 Å². The molecule has 3 heteroatoms. The van der Waals surface area contributed by atoms with Gasteiger partial charge in [-0.15, -0.1) is 0 Å². The molecule has 1 saturated heterocycles. The van der Waals surface area contributed by atoms with Crippen LogP contribution in [0.3, 0.4) is 0 Å². The van der Waals surface area contributed by atoms with E-state index in [0.717, 1.165) is 30.8 Å². The van der Waals surface area contributed by atoms with Crippen LogP contribution in [-0.2, 0) is 0 Å². The van der Waals surface area contributed by atoms with Gasteiger partial charge in [0.2, 0.25) is 0 Å². The molecule has 3 rings (SSSR count). The van der Waals surface area contributed by atoms with E-state index < -0.39 is 0 Å². The fourth-order valence-electron chi connectivity index (χ4n) is 3.05. The SMILES string of the molecule is Cc1ccc2c(c1)C(O)CC1(CCN(C)C1)O2. The normalized spacial score (nSPS) is 32.5. The second-order valence-electron chi connectivity index (χ2n) is 5.53. The quantitative estimate of drug-likeness (QED) is 0.742. The minimum Gasteiger partial charge on any atom is -0.485 e. The van der Waals surface area contributed by atoms with Gasteiger partial charge < -0.3 is 14.7 Å². The first-order valence-electron chi connectivity index (χ1n) is 6.24. The summed E-state index contributed by atoms with van der Waals surface area (Å²) in [6.45, 7) is 4.01. The van der Waals surface area contributed by atoms with E-state index in [2.05, 4.69) is 11.9 Å². The summed E-state index contributed by atoms with van der Waals surface area (Å²) in [6, 6.07) is 6.07. The van der Waals surface area contributed by atoms with Gasteiger partial charge in [-0.1, -0.05) is 11.6 Å². The van der Waals surface area contributed by atoms with Crippen molar-refractivity contribution in [2.24, 2.45) is 0 Å². The van der Waals surface area contributed by atoms with Gasteiger partial charge in [-0.05, 0) is 26.1 Å². The first-order chi connectivity index (χ1) is 8.08. The molecule has 0 bridgehead atoms. The molecule has 0 saturated carbocycles. The second kappa shape index (κ2) is 3.72. The van der Waals surface area contributed by atoms with E-state index in [1.165, 1.54) is 5.56 Å². The summed E-state index contributed by atoms with van der Waals surface area (Å²) in [6.07, 6.45) is 1.34. The molecule has 1 fully saturated rings. The summed E-state index contributed by atoms with van der Waals surface area (Å²) < 4.78 is 6.17. The summed E-state index contributed by atoms with van der Waals surface area (Å²) >= 11 is 0. The standard InChI is InChI=1S/C14H19NO2/c1-10-3-4-13-11(7-10)12(16)8-14(17-13)5-6-15(2)9-14/h3-4,7,12,16H,5-6,8-9H2,1-2H3. The molecule has 2 atom stereocenters. The molecule has 1 aromatic carbocycles. The highest BCUT2D eigenvalue weighted by atomic mass is 16.5. The average molecular weight is 233 g/mol. The third kappa shape index (κ3) is 1.83. The van der Waals surface area contributed by atoms with Crippen molar-refractivity contribution in [1.29, 1.82) is 0 Å². The monoisotopic (exact) mass is 233 g/mol. The molecular formula is C14H19NO2. The smallest absolute Gasteiger partial charge is 0.126 e. The number of hydrogen-bond donors (Lipinski definition) is 1. The molecular weight excluding hydrogens is 214 g/mol. The van der Waals surface area contributed by atoms with Crippen LogP contribution in [0.25, 0.3) is 0 Å². The fourth-order valence-corrected chi connectivity index (χ4v) is 3.05. The number of benzene rings is 1. The van der Waals surface area contributed by atoms with Crippen molar-refractivity contribution in [2.45, 2.75) is 31.5 Å². The molecule has 17 heavy (non-hydrogen) atoms. The van der Waals surface area contributed by atoms with E-state index >= 15 is 0 Å². The Morgan fingerprint density at radius 1 is 1.47 bits per heavy atom. The van der Waals surface area contributed by atoms with E-state index in [9.17, 15) is 5.11 Å². The van der Waals surface area contributed by atoms with Crippen LogP contribution in [0.15, 0.2) is 18.2 Å². The lowest BCUT2D eigenvalue weighted by atomic mass is 9.87. The largest absolute Gasteiger partial charge is 0.485 e. The Kier molecular flexibility index (Phi) is 2.42. The topological polar surface area (TPSA) is 32.7 Å².